The molecule has 1 atom stereocenters. The first-order valence-corrected chi connectivity index (χ1v) is 7.09. The summed E-state index contributed by atoms with van der Waals surface area (Å²) < 4.78 is 0. The molecule has 0 amide bonds. The molecule has 0 saturated carbocycles. The molecule has 2 rings (SSSR count). The van der Waals surface area contributed by atoms with Crippen molar-refractivity contribution in [3.8, 4) is 0 Å². The quantitative estimate of drug-likeness (QED) is 0.788. The summed E-state index contributed by atoms with van der Waals surface area (Å²) in [4.78, 5) is 0. The van der Waals surface area contributed by atoms with Gasteiger partial charge in [-0.05, 0) is 55.2 Å². The summed E-state index contributed by atoms with van der Waals surface area (Å²) in [5, 5.41) is 4.31. The third-order valence-corrected chi connectivity index (χ3v) is 3.68. The van der Waals surface area contributed by atoms with Gasteiger partial charge in [-0.3, -0.25) is 0 Å². The Labute approximate surface area is 120 Å². The Bertz CT molecular complexity index is 546. The van der Waals surface area contributed by atoms with E-state index in [1.54, 1.807) is 0 Å². The number of rotatable bonds is 4. The molecule has 0 radical (unpaired) electrons. The van der Waals surface area contributed by atoms with Crippen LogP contribution in [0.5, 0.6) is 0 Å². The molecular weight excluding hydrogens is 254 g/mol. The van der Waals surface area contributed by atoms with E-state index in [0.717, 1.165) is 17.1 Å². The maximum Gasteiger partial charge on any atom is 0.0485 e. The van der Waals surface area contributed by atoms with E-state index >= 15 is 0 Å². The number of aryl methyl sites for hydroxylation is 2. The van der Waals surface area contributed by atoms with Crippen molar-refractivity contribution < 1.29 is 0 Å². The highest BCUT2D eigenvalue weighted by atomic mass is 35.5. The number of hydrogen-bond donors (Lipinski definition) is 1. The molecule has 0 fully saturated rings. The van der Waals surface area contributed by atoms with Gasteiger partial charge in [0.1, 0.15) is 0 Å². The fourth-order valence-corrected chi connectivity index (χ4v) is 2.37. The van der Waals surface area contributed by atoms with Crippen molar-refractivity contribution in [2.75, 3.05) is 5.32 Å². The molecule has 2 heteroatoms. The highest BCUT2D eigenvalue weighted by Crippen LogP contribution is 2.24. The van der Waals surface area contributed by atoms with Gasteiger partial charge in [0.15, 0.2) is 0 Å². The summed E-state index contributed by atoms with van der Waals surface area (Å²) in [6.07, 6.45) is 1.08. The monoisotopic (exact) mass is 273 g/mol. The van der Waals surface area contributed by atoms with E-state index in [9.17, 15) is 0 Å². The van der Waals surface area contributed by atoms with Gasteiger partial charge in [-0.15, -0.1) is 0 Å². The van der Waals surface area contributed by atoms with Gasteiger partial charge in [0.05, 0.1) is 0 Å². The fourth-order valence-electron chi connectivity index (χ4n) is 2.15. The molecule has 0 aliphatic rings. The number of anilines is 1. The molecule has 1 nitrogen and oxygen atoms in total. The SMILES string of the molecule is CCc1ccc(C(C)Nc2ccc(Cl)cc2C)cc1. The van der Waals surface area contributed by atoms with Crippen LogP contribution in [0.4, 0.5) is 5.69 Å². The van der Waals surface area contributed by atoms with Crippen LogP contribution in [-0.2, 0) is 6.42 Å². The smallest absolute Gasteiger partial charge is 0.0485 e. The van der Waals surface area contributed by atoms with Crippen molar-refractivity contribution in [3.63, 3.8) is 0 Å². The lowest BCUT2D eigenvalue weighted by atomic mass is 10.0. The third kappa shape index (κ3) is 3.51. The van der Waals surface area contributed by atoms with Gasteiger partial charge < -0.3 is 5.32 Å². The molecule has 0 aliphatic heterocycles. The molecule has 0 heterocycles. The Hall–Kier alpha value is -1.47. The lowest BCUT2D eigenvalue weighted by molar-refractivity contribution is 0.880. The van der Waals surface area contributed by atoms with Crippen LogP contribution in [0.1, 0.15) is 36.6 Å². The van der Waals surface area contributed by atoms with Crippen molar-refractivity contribution in [1.82, 2.24) is 0 Å². The minimum atomic E-state index is 0.283. The molecule has 0 spiro atoms. The molecule has 2 aromatic carbocycles. The van der Waals surface area contributed by atoms with Crippen molar-refractivity contribution in [3.05, 3.63) is 64.2 Å². The van der Waals surface area contributed by atoms with Crippen molar-refractivity contribution in [2.24, 2.45) is 0 Å². The van der Waals surface area contributed by atoms with Crippen LogP contribution in [0.2, 0.25) is 5.02 Å². The van der Waals surface area contributed by atoms with Gasteiger partial charge in [-0.1, -0.05) is 42.8 Å². The van der Waals surface area contributed by atoms with Crippen LogP contribution >= 0.6 is 11.6 Å². The zero-order chi connectivity index (χ0) is 13.8. The van der Waals surface area contributed by atoms with E-state index in [-0.39, 0.29) is 6.04 Å². The Morgan fingerprint density at radius 3 is 2.37 bits per heavy atom. The average Bonchev–Trinajstić information content (AvgIpc) is 2.42. The van der Waals surface area contributed by atoms with Crippen LogP contribution in [0, 0.1) is 6.92 Å². The van der Waals surface area contributed by atoms with E-state index in [1.165, 1.54) is 16.7 Å². The van der Waals surface area contributed by atoms with Crippen LogP contribution in [0.25, 0.3) is 0 Å². The topological polar surface area (TPSA) is 12.0 Å². The molecule has 1 N–H and O–H groups in total. The van der Waals surface area contributed by atoms with Crippen LogP contribution < -0.4 is 5.32 Å². The Morgan fingerprint density at radius 2 is 1.79 bits per heavy atom. The molecule has 100 valence electrons. The normalized spacial score (nSPS) is 12.2. The second-order valence-corrected chi connectivity index (χ2v) is 5.36. The van der Waals surface area contributed by atoms with Gasteiger partial charge in [0, 0.05) is 16.8 Å². The highest BCUT2D eigenvalue weighted by Gasteiger charge is 2.07. The molecule has 0 saturated heterocycles. The second kappa shape index (κ2) is 6.12. The van der Waals surface area contributed by atoms with Gasteiger partial charge in [-0.25, -0.2) is 0 Å². The summed E-state index contributed by atoms with van der Waals surface area (Å²) in [5.74, 6) is 0. The van der Waals surface area contributed by atoms with E-state index in [0.29, 0.717) is 0 Å². The first kappa shape index (κ1) is 14.0. The molecule has 19 heavy (non-hydrogen) atoms. The summed E-state index contributed by atoms with van der Waals surface area (Å²) >= 11 is 5.98. The van der Waals surface area contributed by atoms with Gasteiger partial charge in [-0.2, -0.15) is 0 Å². The average molecular weight is 274 g/mol. The van der Waals surface area contributed by atoms with Crippen molar-refractivity contribution in [2.45, 2.75) is 33.2 Å². The van der Waals surface area contributed by atoms with E-state index in [2.05, 4.69) is 50.4 Å². The van der Waals surface area contributed by atoms with Crippen molar-refractivity contribution >= 4 is 17.3 Å². The molecule has 1 unspecified atom stereocenters. The second-order valence-electron chi connectivity index (χ2n) is 4.92. The zero-order valence-corrected chi connectivity index (χ0v) is 12.5. The number of halogens is 1. The zero-order valence-electron chi connectivity index (χ0n) is 11.7. The molecular formula is C17H20ClN. The minimum Gasteiger partial charge on any atom is -0.378 e. The maximum atomic E-state index is 5.98. The largest absolute Gasteiger partial charge is 0.378 e. The summed E-state index contributed by atoms with van der Waals surface area (Å²) in [6.45, 7) is 6.42. The lowest BCUT2D eigenvalue weighted by Gasteiger charge is -2.18. The van der Waals surface area contributed by atoms with Crippen molar-refractivity contribution in [1.29, 1.82) is 0 Å². The molecule has 0 aliphatic carbocycles. The molecule has 0 bridgehead atoms. The van der Waals surface area contributed by atoms with Gasteiger partial charge in [0.2, 0.25) is 0 Å². The lowest BCUT2D eigenvalue weighted by Crippen LogP contribution is -2.07. The van der Waals surface area contributed by atoms with E-state index < -0.39 is 0 Å². The first-order valence-electron chi connectivity index (χ1n) is 6.71. The summed E-state index contributed by atoms with van der Waals surface area (Å²) in [6, 6.07) is 15.0. The Balaban J connectivity index is 2.13. The minimum absolute atomic E-state index is 0.283. The summed E-state index contributed by atoms with van der Waals surface area (Å²) in [7, 11) is 0. The first-order chi connectivity index (χ1) is 9.10. The summed E-state index contributed by atoms with van der Waals surface area (Å²) in [5.41, 5.74) is 4.98. The van der Waals surface area contributed by atoms with E-state index in [1.807, 2.05) is 18.2 Å². The number of hydrogen-bond acceptors (Lipinski definition) is 1. The standard InChI is InChI=1S/C17H20ClN/c1-4-14-5-7-15(8-6-14)13(3)19-17-10-9-16(18)11-12(17)2/h5-11,13,19H,4H2,1-3H3. The maximum absolute atomic E-state index is 5.98. The van der Waals surface area contributed by atoms with E-state index in [4.69, 9.17) is 11.6 Å². The number of benzene rings is 2. The number of nitrogens with one attached hydrogen (secondary N) is 1. The van der Waals surface area contributed by atoms with Crippen LogP contribution in [-0.4, -0.2) is 0 Å². The molecule has 2 aromatic rings. The highest BCUT2D eigenvalue weighted by molar-refractivity contribution is 6.30. The van der Waals surface area contributed by atoms with Gasteiger partial charge >= 0.3 is 0 Å². The predicted octanol–water partition coefficient (Wildman–Crippen LogP) is 5.38. The van der Waals surface area contributed by atoms with Crippen LogP contribution in [0.3, 0.4) is 0 Å². The fraction of sp³-hybridized carbons (Fsp3) is 0.294. The van der Waals surface area contributed by atoms with Crippen LogP contribution in [0.15, 0.2) is 42.5 Å². The Morgan fingerprint density at radius 1 is 1.11 bits per heavy atom. The van der Waals surface area contributed by atoms with Gasteiger partial charge in [0.25, 0.3) is 0 Å². The molecule has 0 aromatic heterocycles. The Kier molecular flexibility index (Phi) is 4.49. The third-order valence-electron chi connectivity index (χ3n) is 3.45. The predicted molar refractivity (Wildman–Crippen MR) is 84.0 cm³/mol.